The molecule has 0 fully saturated rings. The summed E-state index contributed by atoms with van der Waals surface area (Å²) in [5.74, 6) is 0. The van der Waals surface area contributed by atoms with Crippen LogP contribution >= 0.6 is 0 Å². The molecule has 0 saturated heterocycles. The summed E-state index contributed by atoms with van der Waals surface area (Å²) < 4.78 is 26.7. The van der Waals surface area contributed by atoms with Gasteiger partial charge in [-0.15, -0.1) is 0 Å². The Hall–Kier alpha value is -0.130. The first-order chi connectivity index (χ1) is 6.64. The summed E-state index contributed by atoms with van der Waals surface area (Å²) in [5.41, 5.74) is 0.829. The molecule has 3 nitrogen and oxygen atoms in total. The van der Waals surface area contributed by atoms with Crippen LogP contribution in [-0.4, -0.2) is 44.6 Å². The normalized spacial score (nSPS) is 11.3. The van der Waals surface area contributed by atoms with Gasteiger partial charge in [-0.05, 0) is 18.6 Å². The van der Waals surface area contributed by atoms with Crippen LogP contribution in [0.1, 0.15) is 12.5 Å². The second-order valence-electron chi connectivity index (χ2n) is 2.61. The second-order valence-corrected chi connectivity index (χ2v) is 4.11. The summed E-state index contributed by atoms with van der Waals surface area (Å²) in [6.45, 7) is 1.79. The average Bonchev–Trinajstić information content (AvgIpc) is 2.17. The molecule has 0 aliphatic rings. The third-order valence-corrected chi connectivity index (χ3v) is 2.54. The van der Waals surface area contributed by atoms with Crippen molar-refractivity contribution in [1.82, 2.24) is 0 Å². The van der Waals surface area contributed by atoms with Crippen molar-refractivity contribution in [2.45, 2.75) is 6.92 Å². The molecule has 0 N–H and O–H groups in total. The van der Waals surface area contributed by atoms with Crippen molar-refractivity contribution >= 4 is 45.8 Å². The minimum absolute atomic E-state index is 0. The van der Waals surface area contributed by atoms with Crippen molar-refractivity contribution in [2.24, 2.45) is 0 Å². The summed E-state index contributed by atoms with van der Waals surface area (Å²) >= 11 is 0. The minimum atomic E-state index is -3.51. The molecule has 0 amide bonds. The van der Waals surface area contributed by atoms with E-state index in [0.29, 0.717) is 0 Å². The van der Waals surface area contributed by atoms with E-state index in [1.54, 1.807) is 6.92 Å². The zero-order valence-corrected chi connectivity index (χ0v) is 8.70. The Morgan fingerprint density at radius 2 is 1.87 bits per heavy atom. The Kier molecular flexibility index (Phi) is 7.13. The van der Waals surface area contributed by atoms with E-state index in [2.05, 4.69) is 4.18 Å². The van der Waals surface area contributed by atoms with Crippen molar-refractivity contribution in [3.63, 3.8) is 0 Å². The molecule has 0 bridgehead atoms. The Morgan fingerprint density at radius 3 is 2.40 bits per heavy atom. The van der Waals surface area contributed by atoms with Crippen LogP contribution in [0.4, 0.5) is 0 Å². The Balaban J connectivity index is 0.00000196. The molecule has 1 aromatic carbocycles. The van der Waals surface area contributed by atoms with Gasteiger partial charge in [-0.2, -0.15) is 8.42 Å². The summed E-state index contributed by atoms with van der Waals surface area (Å²) in [4.78, 5) is 0. The number of hydrogen-bond donors (Lipinski definition) is 0. The van der Waals surface area contributed by atoms with Crippen LogP contribution in [0.15, 0.2) is 35.7 Å². The number of benzene rings is 1. The van der Waals surface area contributed by atoms with Gasteiger partial charge in [0.25, 0.3) is 10.1 Å². The van der Waals surface area contributed by atoms with Crippen molar-refractivity contribution in [2.75, 3.05) is 6.61 Å². The van der Waals surface area contributed by atoms with Crippen LogP contribution in [0, 0.1) is 0 Å². The first kappa shape index (κ1) is 14.9. The van der Waals surface area contributed by atoms with Gasteiger partial charge in [0.15, 0.2) is 0 Å². The summed E-state index contributed by atoms with van der Waals surface area (Å²) in [6.07, 6.45) is 1.50. The molecule has 1 aromatic rings. The van der Waals surface area contributed by atoms with Crippen LogP contribution in [-0.2, 0) is 14.3 Å². The molecule has 0 radical (unpaired) electrons. The van der Waals surface area contributed by atoms with Gasteiger partial charge in [0, 0.05) is 0 Å². The first-order valence-corrected chi connectivity index (χ1v) is 5.74. The molecule has 0 spiro atoms. The zero-order valence-electron chi connectivity index (χ0n) is 7.88. The predicted octanol–water partition coefficient (Wildman–Crippen LogP) is 1.38. The fraction of sp³-hybridized carbons (Fsp3) is 0.200. The molecule has 78 valence electrons. The van der Waals surface area contributed by atoms with E-state index in [1.807, 2.05) is 30.3 Å². The van der Waals surface area contributed by atoms with E-state index in [0.717, 1.165) is 11.0 Å². The Morgan fingerprint density at radius 1 is 1.27 bits per heavy atom. The second kappa shape index (κ2) is 7.19. The fourth-order valence-corrected chi connectivity index (χ4v) is 1.66. The molecule has 0 aliphatic heterocycles. The Labute approximate surface area is 113 Å². The maximum absolute atomic E-state index is 11.1. The van der Waals surface area contributed by atoms with E-state index in [4.69, 9.17) is 0 Å². The molecule has 0 unspecified atom stereocenters. The van der Waals surface area contributed by atoms with Gasteiger partial charge >= 0.3 is 29.6 Å². The van der Waals surface area contributed by atoms with Gasteiger partial charge in [-0.1, -0.05) is 30.3 Å². The van der Waals surface area contributed by atoms with E-state index in [-0.39, 0.29) is 36.2 Å². The molecular weight excluding hydrogens is 223 g/mol. The van der Waals surface area contributed by atoms with Gasteiger partial charge in [0.2, 0.25) is 0 Å². The van der Waals surface area contributed by atoms with Crippen LogP contribution in [0.25, 0.3) is 6.08 Å². The molecule has 0 saturated carbocycles. The van der Waals surface area contributed by atoms with Crippen molar-refractivity contribution in [1.29, 1.82) is 0 Å². The number of hydrogen-bond acceptors (Lipinski definition) is 3. The van der Waals surface area contributed by atoms with Crippen LogP contribution in [0.3, 0.4) is 0 Å². The summed E-state index contributed by atoms with van der Waals surface area (Å²) in [7, 11) is -3.51. The van der Waals surface area contributed by atoms with E-state index < -0.39 is 10.1 Å². The molecule has 1 rings (SSSR count). The Bertz CT molecular complexity index is 398. The van der Waals surface area contributed by atoms with Gasteiger partial charge in [0.1, 0.15) is 0 Å². The maximum atomic E-state index is 11.1. The molecule has 0 aromatic heterocycles. The average molecular weight is 236 g/mol. The van der Waals surface area contributed by atoms with Gasteiger partial charge in [0.05, 0.1) is 12.0 Å². The van der Waals surface area contributed by atoms with E-state index in [9.17, 15) is 8.42 Å². The van der Waals surface area contributed by atoms with E-state index in [1.165, 1.54) is 6.08 Å². The monoisotopic (exact) mass is 236 g/mol. The number of rotatable bonds is 4. The molecule has 0 heterocycles. The van der Waals surface area contributed by atoms with Crippen LogP contribution in [0.2, 0.25) is 0 Å². The third-order valence-electron chi connectivity index (χ3n) is 1.51. The molecule has 0 aliphatic carbocycles. The standard InChI is InChI=1S/C10H12O3S.Na.H/c1-2-13-14(11,12)9-8-10-6-4-3-5-7-10;;/h3-9H,2H2,1H3;;. The summed E-state index contributed by atoms with van der Waals surface area (Å²) in [5, 5.41) is 1.06. The zero-order chi connectivity index (χ0) is 10.4. The van der Waals surface area contributed by atoms with Crippen LogP contribution < -0.4 is 0 Å². The molecular formula is C10H13NaO3S. The van der Waals surface area contributed by atoms with Crippen LogP contribution in [0.5, 0.6) is 0 Å². The van der Waals surface area contributed by atoms with Crippen molar-refractivity contribution in [3.8, 4) is 0 Å². The SMILES string of the molecule is CCOS(=O)(=O)C=Cc1ccccc1.[NaH]. The van der Waals surface area contributed by atoms with Gasteiger partial charge < -0.3 is 0 Å². The van der Waals surface area contributed by atoms with Crippen molar-refractivity contribution in [3.05, 3.63) is 41.3 Å². The molecule has 15 heavy (non-hydrogen) atoms. The molecule has 5 heteroatoms. The van der Waals surface area contributed by atoms with Gasteiger partial charge in [-0.25, -0.2) is 0 Å². The van der Waals surface area contributed by atoms with Gasteiger partial charge in [-0.3, -0.25) is 4.18 Å². The van der Waals surface area contributed by atoms with E-state index >= 15 is 0 Å². The third kappa shape index (κ3) is 6.12. The fourth-order valence-electron chi connectivity index (χ4n) is 0.930. The quantitative estimate of drug-likeness (QED) is 0.586. The van der Waals surface area contributed by atoms with Crippen molar-refractivity contribution < 1.29 is 12.6 Å². The summed E-state index contributed by atoms with van der Waals surface area (Å²) in [6, 6.07) is 9.18. The first-order valence-electron chi connectivity index (χ1n) is 4.26. The molecule has 0 atom stereocenters. The topological polar surface area (TPSA) is 43.4 Å². The predicted molar refractivity (Wildman–Crippen MR) is 63.2 cm³/mol.